The third kappa shape index (κ3) is 3.34. The van der Waals surface area contributed by atoms with E-state index in [4.69, 9.17) is 4.74 Å². The van der Waals surface area contributed by atoms with Crippen molar-refractivity contribution < 1.29 is 9.84 Å². The minimum Gasteiger partial charge on any atom is -0.505 e. The number of benzene rings is 2. The molecule has 0 bridgehead atoms. The highest BCUT2D eigenvalue weighted by atomic mass is 32.1. The normalized spacial score (nSPS) is 12.1. The fraction of sp³-hybridized carbons (Fsp3) is 0.136. The lowest BCUT2D eigenvalue weighted by Gasteiger charge is -2.22. The van der Waals surface area contributed by atoms with Gasteiger partial charge in [0, 0.05) is 22.0 Å². The van der Waals surface area contributed by atoms with Crippen molar-refractivity contribution in [2.24, 2.45) is 0 Å². The first-order chi connectivity index (χ1) is 13.2. The van der Waals surface area contributed by atoms with Crippen LogP contribution in [-0.4, -0.2) is 17.2 Å². The predicted octanol–water partition coefficient (Wildman–Crippen LogP) is 5.52. The second-order valence-corrected chi connectivity index (χ2v) is 7.35. The fourth-order valence-corrected chi connectivity index (χ4v) is 4.02. The first-order valence-electron chi connectivity index (χ1n) is 8.68. The summed E-state index contributed by atoms with van der Waals surface area (Å²) < 4.78 is 5.52. The number of nitrogens with one attached hydrogen (secondary N) is 1. The summed E-state index contributed by atoms with van der Waals surface area (Å²) in [6.07, 6.45) is 1.70. The number of aromatic hydroxyl groups is 1. The van der Waals surface area contributed by atoms with Crippen molar-refractivity contribution in [2.75, 3.05) is 12.4 Å². The van der Waals surface area contributed by atoms with Crippen LogP contribution in [0, 0.1) is 6.92 Å². The number of phenols is 1. The van der Waals surface area contributed by atoms with Gasteiger partial charge in [0.15, 0.2) is 0 Å². The van der Waals surface area contributed by atoms with E-state index in [1.54, 1.807) is 24.6 Å². The van der Waals surface area contributed by atoms with Gasteiger partial charge >= 0.3 is 0 Å². The number of methoxy groups -OCH3 is 1. The predicted molar refractivity (Wildman–Crippen MR) is 111 cm³/mol. The Morgan fingerprint density at radius 1 is 1.11 bits per heavy atom. The Morgan fingerprint density at radius 2 is 2.00 bits per heavy atom. The fourth-order valence-electron chi connectivity index (χ4n) is 3.23. The smallest absolute Gasteiger partial charge is 0.147 e. The lowest BCUT2D eigenvalue weighted by molar-refractivity contribution is 0.416. The standard InChI is InChI=1S/C22H20N2O2S/c1-14-7-10-18(26-2)17(13-14)24-21(19-6-4-12-27-19)16-9-8-15-5-3-11-23-20(15)22(16)25/h3-13,21,24-25H,1-2H3. The Hall–Kier alpha value is -3.05. The third-order valence-electron chi connectivity index (χ3n) is 4.57. The molecule has 5 heteroatoms. The summed E-state index contributed by atoms with van der Waals surface area (Å²) in [5.41, 5.74) is 3.41. The van der Waals surface area contributed by atoms with Gasteiger partial charge in [0.2, 0.25) is 0 Å². The molecule has 136 valence electrons. The molecular weight excluding hydrogens is 356 g/mol. The second kappa shape index (κ2) is 7.29. The number of anilines is 1. The number of pyridine rings is 1. The molecule has 1 unspecified atom stereocenters. The molecule has 27 heavy (non-hydrogen) atoms. The van der Waals surface area contributed by atoms with Crippen molar-refractivity contribution in [3.05, 3.63) is 82.2 Å². The third-order valence-corrected chi connectivity index (χ3v) is 5.51. The van der Waals surface area contributed by atoms with Crippen LogP contribution < -0.4 is 10.1 Å². The molecule has 2 aromatic carbocycles. The minimum atomic E-state index is -0.216. The second-order valence-electron chi connectivity index (χ2n) is 6.38. The maximum atomic E-state index is 10.9. The quantitative estimate of drug-likeness (QED) is 0.481. The highest BCUT2D eigenvalue weighted by molar-refractivity contribution is 7.10. The largest absolute Gasteiger partial charge is 0.505 e. The Balaban J connectivity index is 1.84. The summed E-state index contributed by atoms with van der Waals surface area (Å²) in [4.78, 5) is 5.46. The summed E-state index contributed by atoms with van der Waals surface area (Å²) in [5.74, 6) is 0.964. The SMILES string of the molecule is COc1ccc(C)cc1NC(c1cccs1)c1ccc2cccnc2c1O. The van der Waals surface area contributed by atoms with E-state index in [-0.39, 0.29) is 11.8 Å². The molecule has 0 radical (unpaired) electrons. The van der Waals surface area contributed by atoms with Crippen molar-refractivity contribution in [3.8, 4) is 11.5 Å². The van der Waals surface area contributed by atoms with Crippen molar-refractivity contribution in [3.63, 3.8) is 0 Å². The van der Waals surface area contributed by atoms with Gasteiger partial charge in [-0.15, -0.1) is 11.3 Å². The Morgan fingerprint density at radius 3 is 2.78 bits per heavy atom. The van der Waals surface area contributed by atoms with Crippen LogP contribution >= 0.6 is 11.3 Å². The molecule has 0 fully saturated rings. The van der Waals surface area contributed by atoms with E-state index in [9.17, 15) is 5.11 Å². The molecule has 0 aliphatic carbocycles. The summed E-state index contributed by atoms with van der Waals surface area (Å²) in [6, 6.07) is 17.6. The lowest BCUT2D eigenvalue weighted by Crippen LogP contribution is -2.12. The zero-order valence-electron chi connectivity index (χ0n) is 15.1. The zero-order chi connectivity index (χ0) is 18.8. The van der Waals surface area contributed by atoms with Gasteiger partial charge in [-0.25, -0.2) is 0 Å². The highest BCUT2D eigenvalue weighted by Crippen LogP contribution is 2.39. The number of phenolic OH excluding ortho intramolecular Hbond substituents is 1. The molecular formula is C22H20N2O2S. The van der Waals surface area contributed by atoms with E-state index in [0.29, 0.717) is 5.52 Å². The molecule has 4 nitrogen and oxygen atoms in total. The first-order valence-corrected chi connectivity index (χ1v) is 9.56. The molecule has 0 spiro atoms. The van der Waals surface area contributed by atoms with Crippen LogP contribution in [0.5, 0.6) is 11.5 Å². The number of rotatable bonds is 5. The van der Waals surface area contributed by atoms with Crippen LogP contribution in [-0.2, 0) is 0 Å². The van der Waals surface area contributed by atoms with Gasteiger partial charge in [-0.3, -0.25) is 4.98 Å². The summed E-state index contributed by atoms with van der Waals surface area (Å²) in [5, 5.41) is 17.5. The van der Waals surface area contributed by atoms with Gasteiger partial charge in [0.1, 0.15) is 17.0 Å². The van der Waals surface area contributed by atoms with E-state index in [0.717, 1.165) is 32.8 Å². The maximum absolute atomic E-state index is 10.9. The molecule has 2 heterocycles. The average Bonchev–Trinajstić information content (AvgIpc) is 3.22. The van der Waals surface area contributed by atoms with Crippen molar-refractivity contribution in [1.29, 1.82) is 0 Å². The van der Waals surface area contributed by atoms with E-state index >= 15 is 0 Å². The topological polar surface area (TPSA) is 54.4 Å². The zero-order valence-corrected chi connectivity index (χ0v) is 16.0. The highest BCUT2D eigenvalue weighted by Gasteiger charge is 2.22. The van der Waals surface area contributed by atoms with Crippen LogP contribution in [0.25, 0.3) is 10.9 Å². The number of thiophene rings is 1. The van der Waals surface area contributed by atoms with Gasteiger partial charge in [-0.05, 0) is 42.1 Å². The van der Waals surface area contributed by atoms with Gasteiger partial charge in [-0.1, -0.05) is 30.3 Å². The Bertz CT molecular complexity index is 1080. The average molecular weight is 376 g/mol. The van der Waals surface area contributed by atoms with Crippen LogP contribution in [0.3, 0.4) is 0 Å². The number of aryl methyl sites for hydroxylation is 1. The minimum absolute atomic E-state index is 0.200. The van der Waals surface area contributed by atoms with Gasteiger partial charge < -0.3 is 15.2 Å². The number of hydrogen-bond donors (Lipinski definition) is 2. The number of fused-ring (bicyclic) bond motifs is 1. The number of ether oxygens (including phenoxy) is 1. The van der Waals surface area contributed by atoms with E-state index in [1.165, 1.54) is 0 Å². The molecule has 2 N–H and O–H groups in total. The molecule has 0 amide bonds. The number of aromatic nitrogens is 1. The van der Waals surface area contributed by atoms with E-state index < -0.39 is 0 Å². The van der Waals surface area contributed by atoms with Crippen LogP contribution in [0.4, 0.5) is 5.69 Å². The lowest BCUT2D eigenvalue weighted by atomic mass is 10.0. The van der Waals surface area contributed by atoms with Gasteiger partial charge in [0.25, 0.3) is 0 Å². The molecule has 0 aliphatic rings. The number of nitrogens with zero attached hydrogens (tertiary/aromatic N) is 1. The van der Waals surface area contributed by atoms with E-state index in [2.05, 4.69) is 22.4 Å². The molecule has 0 saturated heterocycles. The summed E-state index contributed by atoms with van der Waals surface area (Å²) in [6.45, 7) is 2.04. The molecule has 2 aromatic heterocycles. The van der Waals surface area contributed by atoms with Crippen LogP contribution in [0.2, 0.25) is 0 Å². The molecule has 0 aliphatic heterocycles. The summed E-state index contributed by atoms with van der Waals surface area (Å²) >= 11 is 1.64. The van der Waals surface area contributed by atoms with Crippen LogP contribution in [0.15, 0.2) is 66.2 Å². The molecule has 0 saturated carbocycles. The number of hydrogen-bond acceptors (Lipinski definition) is 5. The molecule has 1 atom stereocenters. The Kier molecular flexibility index (Phi) is 4.69. The maximum Gasteiger partial charge on any atom is 0.147 e. The first kappa shape index (κ1) is 17.4. The van der Waals surface area contributed by atoms with Crippen molar-refractivity contribution >= 4 is 27.9 Å². The van der Waals surface area contributed by atoms with Crippen molar-refractivity contribution in [1.82, 2.24) is 4.98 Å². The Labute approximate surface area is 162 Å². The van der Waals surface area contributed by atoms with Gasteiger partial charge in [0.05, 0.1) is 18.8 Å². The van der Waals surface area contributed by atoms with E-state index in [1.807, 2.05) is 54.8 Å². The van der Waals surface area contributed by atoms with Crippen molar-refractivity contribution in [2.45, 2.75) is 13.0 Å². The van der Waals surface area contributed by atoms with Crippen LogP contribution in [0.1, 0.15) is 22.0 Å². The van der Waals surface area contributed by atoms with Gasteiger partial charge in [-0.2, -0.15) is 0 Å². The monoisotopic (exact) mass is 376 g/mol. The molecule has 4 rings (SSSR count). The molecule has 4 aromatic rings. The summed E-state index contributed by atoms with van der Waals surface area (Å²) in [7, 11) is 1.66.